The normalized spacial score (nSPS) is 9.20. The van der Waals surface area contributed by atoms with Crippen LogP contribution in [0.1, 0.15) is 11.1 Å². The number of benzene rings is 1. The first-order valence-corrected chi connectivity index (χ1v) is 4.24. The van der Waals surface area contributed by atoms with Crippen LogP contribution in [0, 0.1) is 28.9 Å². The maximum absolute atomic E-state index is 8.84. The van der Waals surface area contributed by atoms with Crippen molar-refractivity contribution < 1.29 is 4.42 Å². The Balaban J connectivity index is 2.56. The van der Waals surface area contributed by atoms with Crippen molar-refractivity contribution in [2.45, 2.75) is 0 Å². The highest BCUT2D eigenvalue weighted by molar-refractivity contribution is 5.66. The lowest BCUT2D eigenvalue weighted by Gasteiger charge is -1.98. The van der Waals surface area contributed by atoms with Crippen LogP contribution in [-0.2, 0) is 0 Å². The third-order valence-corrected chi connectivity index (χ3v) is 2.06. The first-order valence-electron chi connectivity index (χ1n) is 4.24. The largest absolute Gasteiger partial charge is 0.460 e. The molecule has 0 aliphatic rings. The molecule has 1 aromatic heterocycles. The molecule has 2 rings (SSSR count). The van der Waals surface area contributed by atoms with Crippen LogP contribution in [0.25, 0.3) is 11.1 Å². The van der Waals surface area contributed by atoms with Gasteiger partial charge >= 0.3 is 0 Å². The number of hydrogen-bond acceptors (Lipinski definition) is 3. The van der Waals surface area contributed by atoms with E-state index in [0.717, 1.165) is 11.1 Å². The van der Waals surface area contributed by atoms with Crippen molar-refractivity contribution >= 4 is 0 Å². The summed E-state index contributed by atoms with van der Waals surface area (Å²) in [4.78, 5) is 0. The first kappa shape index (κ1) is 9.05. The minimum atomic E-state index is 0.371. The van der Waals surface area contributed by atoms with E-state index < -0.39 is 0 Å². The van der Waals surface area contributed by atoms with Gasteiger partial charge in [0.25, 0.3) is 0 Å². The summed E-state index contributed by atoms with van der Waals surface area (Å²) >= 11 is 0. The number of rotatable bonds is 1. The van der Waals surface area contributed by atoms with Crippen LogP contribution in [-0.4, -0.2) is 0 Å². The summed E-state index contributed by atoms with van der Waals surface area (Å²) in [6.07, 6.45) is 4.12. The van der Waals surface area contributed by atoms with Crippen LogP contribution in [0.3, 0.4) is 0 Å². The monoisotopic (exact) mass is 193 g/mol. The Morgan fingerprint density at radius 1 is 1.07 bits per heavy atom. The highest BCUT2D eigenvalue weighted by atomic mass is 16.3. The van der Waals surface area contributed by atoms with Crippen molar-refractivity contribution in [1.29, 1.82) is 10.5 Å². The van der Waals surface area contributed by atoms with Crippen LogP contribution in [0.4, 0.5) is 0 Å². The average Bonchev–Trinajstić information content (AvgIpc) is 2.81. The van der Waals surface area contributed by atoms with Crippen molar-refractivity contribution in [1.82, 2.24) is 0 Å². The molecule has 3 nitrogen and oxygen atoms in total. The number of furan rings is 1. The average molecular weight is 193 g/mol. The molecule has 0 atom stereocenters. The number of nitrogens with zero attached hydrogens (tertiary/aromatic N) is 2. The van der Waals surface area contributed by atoms with Gasteiger partial charge in [-0.25, -0.2) is 0 Å². The van der Waals surface area contributed by atoms with E-state index in [1.165, 1.54) is 0 Å². The zero-order valence-electron chi connectivity index (χ0n) is 7.69. The van der Waals surface area contributed by atoms with E-state index in [1.54, 1.807) is 30.5 Å². The minimum Gasteiger partial charge on any atom is -0.460 e. The fraction of sp³-hybridized carbons (Fsp3) is 0. The van der Waals surface area contributed by atoms with Gasteiger partial charge in [-0.05, 0) is 23.8 Å². The van der Waals surface area contributed by atoms with Crippen molar-refractivity contribution in [3.05, 3.63) is 47.9 Å². The van der Waals surface area contributed by atoms with Crippen LogP contribution in [0.2, 0.25) is 0 Å². The standard InChI is InChI=1S/C12H5N2O/c13-6-10-2-1-9(5-12(10)7-14)11-3-4-15-8-11/h1-3,5,8H. The Labute approximate surface area is 86.8 Å². The van der Waals surface area contributed by atoms with Crippen LogP contribution in [0.15, 0.2) is 34.9 Å². The summed E-state index contributed by atoms with van der Waals surface area (Å²) in [7, 11) is 0. The van der Waals surface area contributed by atoms with Crippen molar-refractivity contribution in [2.24, 2.45) is 0 Å². The molecular weight excluding hydrogens is 188 g/mol. The van der Waals surface area contributed by atoms with E-state index in [9.17, 15) is 0 Å². The second-order valence-corrected chi connectivity index (χ2v) is 2.94. The Bertz CT molecular complexity index is 556. The minimum absolute atomic E-state index is 0.371. The summed E-state index contributed by atoms with van der Waals surface area (Å²) < 4.78 is 4.83. The predicted molar refractivity (Wildman–Crippen MR) is 52.4 cm³/mol. The van der Waals surface area contributed by atoms with Crippen LogP contribution in [0.5, 0.6) is 0 Å². The molecule has 1 heterocycles. The van der Waals surface area contributed by atoms with Crippen molar-refractivity contribution in [2.75, 3.05) is 0 Å². The maximum Gasteiger partial charge on any atom is 0.169 e. The molecule has 0 bridgehead atoms. The van der Waals surface area contributed by atoms with Gasteiger partial charge < -0.3 is 4.42 Å². The SMILES string of the molecule is N#Cc1ccc(-c2c[c]oc2)cc1C#N. The fourth-order valence-electron chi connectivity index (χ4n) is 1.29. The van der Waals surface area contributed by atoms with Crippen LogP contribution >= 0.6 is 0 Å². The second-order valence-electron chi connectivity index (χ2n) is 2.94. The molecule has 0 aliphatic carbocycles. The summed E-state index contributed by atoms with van der Waals surface area (Å²) in [5, 5.41) is 17.6. The van der Waals surface area contributed by atoms with E-state index in [2.05, 4.69) is 6.26 Å². The molecule has 15 heavy (non-hydrogen) atoms. The molecule has 0 saturated heterocycles. The second kappa shape index (κ2) is 3.69. The Morgan fingerprint density at radius 2 is 1.87 bits per heavy atom. The Kier molecular flexibility index (Phi) is 2.23. The fourth-order valence-corrected chi connectivity index (χ4v) is 1.29. The summed E-state index contributed by atoms with van der Waals surface area (Å²) in [5.74, 6) is 0. The molecule has 1 radical (unpaired) electrons. The number of hydrogen-bond donors (Lipinski definition) is 0. The van der Waals surface area contributed by atoms with Gasteiger partial charge in [0.2, 0.25) is 0 Å². The lowest BCUT2D eigenvalue weighted by atomic mass is 10.0. The molecular formula is C12H5N2O. The van der Waals surface area contributed by atoms with Gasteiger partial charge in [0.15, 0.2) is 6.26 Å². The molecule has 1 aromatic carbocycles. The lowest BCUT2D eigenvalue weighted by molar-refractivity contribution is 0.559. The maximum atomic E-state index is 8.84. The van der Waals surface area contributed by atoms with E-state index >= 15 is 0 Å². The summed E-state index contributed by atoms with van der Waals surface area (Å²) in [5.41, 5.74) is 2.44. The number of nitriles is 2. The highest BCUT2D eigenvalue weighted by Crippen LogP contribution is 2.22. The lowest BCUT2D eigenvalue weighted by Crippen LogP contribution is -1.84. The molecule has 3 heteroatoms. The quantitative estimate of drug-likeness (QED) is 0.698. The molecule has 0 spiro atoms. The smallest absolute Gasteiger partial charge is 0.169 e. The molecule has 0 amide bonds. The zero-order chi connectivity index (χ0) is 10.7. The zero-order valence-corrected chi connectivity index (χ0v) is 7.69. The van der Waals surface area contributed by atoms with Gasteiger partial charge in [-0.3, -0.25) is 0 Å². The molecule has 0 saturated carbocycles. The highest BCUT2D eigenvalue weighted by Gasteiger charge is 2.05. The predicted octanol–water partition coefficient (Wildman–Crippen LogP) is 2.49. The van der Waals surface area contributed by atoms with E-state index in [-0.39, 0.29) is 0 Å². The Morgan fingerprint density at radius 3 is 2.47 bits per heavy atom. The Hall–Kier alpha value is -2.52. The molecule has 0 aliphatic heterocycles. The van der Waals surface area contributed by atoms with E-state index in [4.69, 9.17) is 14.9 Å². The molecule has 0 unspecified atom stereocenters. The van der Waals surface area contributed by atoms with Crippen molar-refractivity contribution in [3.8, 4) is 23.3 Å². The summed E-state index contributed by atoms with van der Waals surface area (Å²) in [6, 6.07) is 10.7. The third kappa shape index (κ3) is 1.59. The topological polar surface area (TPSA) is 60.7 Å². The van der Waals surface area contributed by atoms with Gasteiger partial charge in [-0.2, -0.15) is 10.5 Å². The first-order chi connectivity index (χ1) is 7.35. The van der Waals surface area contributed by atoms with Crippen molar-refractivity contribution in [3.63, 3.8) is 0 Å². The van der Waals surface area contributed by atoms with Gasteiger partial charge in [-0.1, -0.05) is 6.07 Å². The molecule has 2 aromatic rings. The van der Waals surface area contributed by atoms with E-state index in [0.29, 0.717) is 11.1 Å². The third-order valence-electron chi connectivity index (χ3n) is 2.06. The molecule has 69 valence electrons. The van der Waals surface area contributed by atoms with Crippen LogP contribution < -0.4 is 0 Å². The van der Waals surface area contributed by atoms with E-state index in [1.807, 2.05) is 12.1 Å². The molecule has 0 fully saturated rings. The van der Waals surface area contributed by atoms with Gasteiger partial charge in [0, 0.05) is 5.56 Å². The van der Waals surface area contributed by atoms with Gasteiger partial charge in [0.05, 0.1) is 17.4 Å². The van der Waals surface area contributed by atoms with Gasteiger partial charge in [0.1, 0.15) is 12.1 Å². The molecule has 0 N–H and O–H groups in total. The summed E-state index contributed by atoms with van der Waals surface area (Å²) in [6.45, 7) is 0. The van der Waals surface area contributed by atoms with Gasteiger partial charge in [-0.15, -0.1) is 0 Å².